The van der Waals surface area contributed by atoms with Gasteiger partial charge < -0.3 is 14.3 Å². The number of aryl methyl sites for hydroxylation is 1. The van der Waals surface area contributed by atoms with Crippen LogP contribution in [0.25, 0.3) is 0 Å². The Bertz CT molecular complexity index is 448. The van der Waals surface area contributed by atoms with Gasteiger partial charge in [-0.1, -0.05) is 11.6 Å². The highest BCUT2D eigenvalue weighted by atomic mass is 35.5. The van der Waals surface area contributed by atoms with E-state index in [1.165, 1.54) is 5.69 Å². The summed E-state index contributed by atoms with van der Waals surface area (Å²) in [6.45, 7) is 2.89. The number of nitrogens with one attached hydrogen (secondary N) is 1. The van der Waals surface area contributed by atoms with E-state index in [0.29, 0.717) is 0 Å². The first kappa shape index (κ1) is 11.3. The van der Waals surface area contributed by atoms with E-state index in [1.807, 2.05) is 29.9 Å². The van der Waals surface area contributed by atoms with Crippen LogP contribution in [0.4, 0.5) is 0 Å². The maximum Gasteiger partial charge on any atom is 0.0950 e. The smallest absolute Gasteiger partial charge is 0.0950 e. The second-order valence-electron chi connectivity index (χ2n) is 3.92. The van der Waals surface area contributed by atoms with E-state index in [0.717, 1.165) is 17.1 Å². The minimum Gasteiger partial charge on any atom is -0.472 e. The first-order valence-electron chi connectivity index (χ1n) is 5.23. The molecule has 1 unspecified atom stereocenters. The molecule has 4 heteroatoms. The number of halogens is 1. The van der Waals surface area contributed by atoms with Crippen LogP contribution < -0.4 is 5.32 Å². The maximum absolute atomic E-state index is 5.92. The van der Waals surface area contributed by atoms with E-state index >= 15 is 0 Å². The molecule has 86 valence electrons. The van der Waals surface area contributed by atoms with Crippen LogP contribution in [-0.4, -0.2) is 4.57 Å². The van der Waals surface area contributed by atoms with Crippen LogP contribution in [0.1, 0.15) is 24.2 Å². The zero-order valence-electron chi connectivity index (χ0n) is 9.40. The SMILES string of the molecule is CC(NCc1cc(Cl)cn1C)c1ccoc1. The lowest BCUT2D eigenvalue weighted by Crippen LogP contribution is -2.18. The summed E-state index contributed by atoms with van der Waals surface area (Å²) in [6, 6.07) is 4.21. The van der Waals surface area contributed by atoms with Gasteiger partial charge in [0.2, 0.25) is 0 Å². The zero-order valence-corrected chi connectivity index (χ0v) is 10.2. The summed E-state index contributed by atoms with van der Waals surface area (Å²) in [5, 5.41) is 4.19. The summed E-state index contributed by atoms with van der Waals surface area (Å²) < 4.78 is 7.07. The molecule has 0 saturated heterocycles. The van der Waals surface area contributed by atoms with Crippen molar-refractivity contribution in [1.29, 1.82) is 0 Å². The summed E-state index contributed by atoms with van der Waals surface area (Å²) in [5.41, 5.74) is 2.32. The number of rotatable bonds is 4. The van der Waals surface area contributed by atoms with Crippen molar-refractivity contribution in [2.75, 3.05) is 0 Å². The lowest BCUT2D eigenvalue weighted by atomic mass is 10.2. The molecule has 0 aromatic carbocycles. The van der Waals surface area contributed by atoms with E-state index in [1.54, 1.807) is 12.5 Å². The molecule has 0 aliphatic rings. The quantitative estimate of drug-likeness (QED) is 0.887. The topological polar surface area (TPSA) is 30.1 Å². The van der Waals surface area contributed by atoms with Crippen LogP contribution in [-0.2, 0) is 13.6 Å². The van der Waals surface area contributed by atoms with Gasteiger partial charge in [0.05, 0.1) is 17.5 Å². The Kier molecular flexibility index (Phi) is 3.36. The van der Waals surface area contributed by atoms with Gasteiger partial charge in [-0.25, -0.2) is 0 Å². The summed E-state index contributed by atoms with van der Waals surface area (Å²) in [6.07, 6.45) is 5.35. The number of hydrogen-bond acceptors (Lipinski definition) is 2. The molecule has 0 saturated carbocycles. The van der Waals surface area contributed by atoms with Crippen molar-refractivity contribution in [3.05, 3.63) is 47.1 Å². The summed E-state index contributed by atoms with van der Waals surface area (Å²) in [5.74, 6) is 0. The normalized spacial score (nSPS) is 12.9. The summed E-state index contributed by atoms with van der Waals surface area (Å²) in [7, 11) is 1.99. The van der Waals surface area contributed by atoms with Crippen LogP contribution >= 0.6 is 11.6 Å². The van der Waals surface area contributed by atoms with Gasteiger partial charge in [0.25, 0.3) is 0 Å². The molecule has 1 atom stereocenters. The van der Waals surface area contributed by atoms with Gasteiger partial charge in [-0.3, -0.25) is 0 Å². The molecule has 0 fully saturated rings. The Balaban J connectivity index is 1.95. The average molecular weight is 239 g/mol. The monoisotopic (exact) mass is 238 g/mol. The first-order valence-corrected chi connectivity index (χ1v) is 5.61. The molecule has 0 aliphatic heterocycles. The second kappa shape index (κ2) is 4.76. The molecule has 0 radical (unpaired) electrons. The largest absolute Gasteiger partial charge is 0.472 e. The van der Waals surface area contributed by atoms with Crippen molar-refractivity contribution in [2.24, 2.45) is 7.05 Å². The molecule has 3 nitrogen and oxygen atoms in total. The van der Waals surface area contributed by atoms with Gasteiger partial charge in [-0.2, -0.15) is 0 Å². The van der Waals surface area contributed by atoms with Crippen LogP contribution in [0, 0.1) is 0 Å². The van der Waals surface area contributed by atoms with Gasteiger partial charge >= 0.3 is 0 Å². The third-order valence-electron chi connectivity index (χ3n) is 2.71. The van der Waals surface area contributed by atoms with Crippen molar-refractivity contribution in [3.8, 4) is 0 Å². The second-order valence-corrected chi connectivity index (χ2v) is 4.36. The molecule has 2 aromatic heterocycles. The Morgan fingerprint density at radius 2 is 2.38 bits per heavy atom. The third kappa shape index (κ3) is 2.49. The van der Waals surface area contributed by atoms with Crippen LogP contribution in [0.2, 0.25) is 5.02 Å². The number of aromatic nitrogens is 1. The van der Waals surface area contributed by atoms with E-state index < -0.39 is 0 Å². The van der Waals surface area contributed by atoms with E-state index in [-0.39, 0.29) is 6.04 Å². The highest BCUT2D eigenvalue weighted by Crippen LogP contribution is 2.15. The lowest BCUT2D eigenvalue weighted by molar-refractivity contribution is 0.532. The molecule has 0 spiro atoms. The molecule has 2 heterocycles. The highest BCUT2D eigenvalue weighted by Gasteiger charge is 2.07. The molecule has 2 aromatic rings. The third-order valence-corrected chi connectivity index (χ3v) is 2.91. The maximum atomic E-state index is 5.92. The Morgan fingerprint density at radius 1 is 1.56 bits per heavy atom. The van der Waals surface area contributed by atoms with Crippen LogP contribution in [0.15, 0.2) is 35.3 Å². The fourth-order valence-corrected chi connectivity index (χ4v) is 1.91. The fourth-order valence-electron chi connectivity index (χ4n) is 1.64. The van der Waals surface area contributed by atoms with Gasteiger partial charge in [0.15, 0.2) is 0 Å². The molecular formula is C12H15ClN2O. The van der Waals surface area contributed by atoms with Gasteiger partial charge in [0, 0.05) is 37.1 Å². The predicted octanol–water partition coefficient (Wildman–Crippen LogP) is 3.12. The van der Waals surface area contributed by atoms with Crippen molar-refractivity contribution in [2.45, 2.75) is 19.5 Å². The molecule has 0 aliphatic carbocycles. The lowest BCUT2D eigenvalue weighted by Gasteiger charge is -2.12. The minimum absolute atomic E-state index is 0.271. The van der Waals surface area contributed by atoms with Gasteiger partial charge in [0.1, 0.15) is 0 Å². The summed E-state index contributed by atoms with van der Waals surface area (Å²) in [4.78, 5) is 0. The van der Waals surface area contributed by atoms with Crippen molar-refractivity contribution < 1.29 is 4.42 Å². The van der Waals surface area contributed by atoms with Crippen LogP contribution in [0.5, 0.6) is 0 Å². The van der Waals surface area contributed by atoms with Crippen molar-refractivity contribution in [3.63, 3.8) is 0 Å². The van der Waals surface area contributed by atoms with Gasteiger partial charge in [-0.15, -0.1) is 0 Å². The number of hydrogen-bond donors (Lipinski definition) is 1. The Hall–Kier alpha value is -1.19. The fraction of sp³-hybridized carbons (Fsp3) is 0.333. The molecule has 0 amide bonds. The number of nitrogens with zero attached hydrogens (tertiary/aromatic N) is 1. The summed E-state index contributed by atoms with van der Waals surface area (Å²) >= 11 is 5.92. The molecular weight excluding hydrogens is 224 g/mol. The standard InChI is InChI=1S/C12H15ClN2O/c1-9(10-3-4-16-8-10)14-6-12-5-11(13)7-15(12)2/h3-5,7-9,14H,6H2,1-2H3. The predicted molar refractivity (Wildman–Crippen MR) is 64.4 cm³/mol. The Morgan fingerprint density at radius 3 is 2.94 bits per heavy atom. The van der Waals surface area contributed by atoms with E-state index in [9.17, 15) is 0 Å². The van der Waals surface area contributed by atoms with Crippen molar-refractivity contribution in [1.82, 2.24) is 9.88 Å². The highest BCUT2D eigenvalue weighted by molar-refractivity contribution is 6.30. The van der Waals surface area contributed by atoms with Crippen molar-refractivity contribution >= 4 is 11.6 Å². The minimum atomic E-state index is 0.271. The average Bonchev–Trinajstić information content (AvgIpc) is 2.84. The molecule has 2 rings (SSSR count). The molecule has 0 bridgehead atoms. The molecule has 1 N–H and O–H groups in total. The Labute approximate surface area is 100 Å². The van der Waals surface area contributed by atoms with E-state index in [2.05, 4.69) is 12.2 Å². The molecule has 16 heavy (non-hydrogen) atoms. The zero-order chi connectivity index (χ0) is 11.5. The van der Waals surface area contributed by atoms with Gasteiger partial charge in [-0.05, 0) is 19.1 Å². The van der Waals surface area contributed by atoms with Crippen LogP contribution in [0.3, 0.4) is 0 Å². The first-order chi connectivity index (χ1) is 7.66. The number of furan rings is 1. The van der Waals surface area contributed by atoms with E-state index in [4.69, 9.17) is 16.0 Å².